The van der Waals surface area contributed by atoms with Crippen molar-refractivity contribution in [2.45, 2.75) is 46.5 Å². The fourth-order valence-electron chi connectivity index (χ4n) is 3.68. The van der Waals surface area contributed by atoms with Crippen LogP contribution in [0.1, 0.15) is 78.3 Å². The summed E-state index contributed by atoms with van der Waals surface area (Å²) in [5, 5.41) is 2.39. The van der Waals surface area contributed by atoms with Gasteiger partial charge in [0, 0.05) is 6.54 Å². The number of amides is 2. The molecule has 2 amide bonds. The molecule has 0 bridgehead atoms. The fraction of sp³-hybridized carbons (Fsp3) is 0.364. The highest BCUT2D eigenvalue weighted by Gasteiger charge is 2.45. The number of hydrogen-bond acceptors (Lipinski definition) is 3. The van der Waals surface area contributed by atoms with Crippen molar-refractivity contribution in [2.24, 2.45) is 0 Å². The van der Waals surface area contributed by atoms with E-state index in [1.54, 1.807) is 19.1 Å². The first-order valence-corrected chi connectivity index (χ1v) is 9.59. The topological polar surface area (TPSA) is 49.4 Å². The Morgan fingerprint density at radius 2 is 1.34 bits per heavy atom. The molecule has 29 heavy (non-hydrogen) atoms. The maximum Gasteiger partial charge on any atom is 0.269 e. The molecule has 3 rings (SSSR count). The van der Waals surface area contributed by atoms with Gasteiger partial charge in [-0.2, -0.15) is 0 Å². The molecule has 1 aliphatic heterocycles. The zero-order chi connectivity index (χ0) is 21.6. The molecule has 4 nitrogen and oxygen atoms in total. The van der Waals surface area contributed by atoms with E-state index >= 15 is 0 Å². The number of carbonyl (C=O) groups excluding carboxylic acids is 2. The number of halogens is 3. The van der Waals surface area contributed by atoms with Crippen LogP contribution in [0.5, 0.6) is 0 Å². The molecule has 0 aliphatic carbocycles. The molecule has 0 radical (unpaired) electrons. The maximum atomic E-state index is 15.0. The van der Waals surface area contributed by atoms with Gasteiger partial charge in [-0.25, -0.2) is 18.1 Å². The molecule has 0 fully saturated rings. The van der Waals surface area contributed by atoms with Gasteiger partial charge >= 0.3 is 0 Å². The van der Waals surface area contributed by atoms with Crippen LogP contribution >= 0.6 is 0 Å². The maximum absolute atomic E-state index is 15.0. The number of imide groups is 1. The van der Waals surface area contributed by atoms with E-state index in [1.807, 2.05) is 33.8 Å². The summed E-state index contributed by atoms with van der Waals surface area (Å²) < 4.78 is 44.1. The van der Waals surface area contributed by atoms with Crippen molar-refractivity contribution in [3.05, 3.63) is 57.9 Å². The predicted octanol–water partition coefficient (Wildman–Crippen LogP) is 5.58. The van der Waals surface area contributed by atoms with Gasteiger partial charge in [-0.3, -0.25) is 9.59 Å². The van der Waals surface area contributed by atoms with E-state index in [2.05, 4.69) is 5.32 Å². The highest BCUT2D eigenvalue weighted by molar-refractivity contribution is 6.35. The van der Waals surface area contributed by atoms with E-state index < -0.39 is 46.1 Å². The molecule has 7 heteroatoms. The van der Waals surface area contributed by atoms with E-state index in [0.717, 1.165) is 4.90 Å². The van der Waals surface area contributed by atoms with Crippen molar-refractivity contribution in [1.29, 1.82) is 0 Å². The number of nitrogens with one attached hydrogen (secondary N) is 1. The molecule has 0 aromatic heterocycles. The second-order valence-electron chi connectivity index (χ2n) is 7.64. The van der Waals surface area contributed by atoms with Gasteiger partial charge in [0.25, 0.3) is 11.8 Å². The van der Waals surface area contributed by atoms with E-state index in [4.69, 9.17) is 0 Å². The Hall–Kier alpha value is -2.83. The molecular formula is C22H23F3N2O2. The molecule has 2 aromatic carbocycles. The van der Waals surface area contributed by atoms with Gasteiger partial charge in [0.15, 0.2) is 17.5 Å². The number of carbonyl (C=O) groups is 2. The number of para-hydroxylation sites is 1. The number of anilines is 2. The van der Waals surface area contributed by atoms with Crippen LogP contribution in [0, 0.1) is 17.5 Å². The van der Waals surface area contributed by atoms with Gasteiger partial charge in [-0.15, -0.1) is 0 Å². The van der Waals surface area contributed by atoms with Crippen LogP contribution in [-0.2, 0) is 0 Å². The number of benzene rings is 2. The van der Waals surface area contributed by atoms with Gasteiger partial charge in [0.2, 0.25) is 0 Å². The second kappa shape index (κ2) is 7.54. The third kappa shape index (κ3) is 3.09. The average molecular weight is 404 g/mol. The third-order valence-electron chi connectivity index (χ3n) is 5.07. The molecule has 1 N–H and O–H groups in total. The third-order valence-corrected chi connectivity index (χ3v) is 5.07. The summed E-state index contributed by atoms with van der Waals surface area (Å²) in [6, 6.07) is 5.36. The predicted molar refractivity (Wildman–Crippen MR) is 106 cm³/mol. The molecule has 2 aromatic rings. The Kier molecular flexibility index (Phi) is 5.43. The molecular weight excluding hydrogens is 381 g/mol. The number of nitrogens with zero attached hydrogens (tertiary/aromatic N) is 1. The van der Waals surface area contributed by atoms with Crippen molar-refractivity contribution in [2.75, 3.05) is 16.8 Å². The minimum Gasteiger partial charge on any atom is -0.380 e. The smallest absolute Gasteiger partial charge is 0.269 e. The number of rotatable bonds is 5. The Labute approximate surface area is 167 Å². The Morgan fingerprint density at radius 3 is 1.79 bits per heavy atom. The highest BCUT2D eigenvalue weighted by Crippen LogP contribution is 2.42. The van der Waals surface area contributed by atoms with Gasteiger partial charge in [-0.1, -0.05) is 45.9 Å². The van der Waals surface area contributed by atoms with Gasteiger partial charge in [0.1, 0.15) is 5.69 Å². The zero-order valence-electron chi connectivity index (χ0n) is 17.0. The quantitative estimate of drug-likeness (QED) is 0.523. The van der Waals surface area contributed by atoms with Crippen LogP contribution in [0.15, 0.2) is 18.2 Å². The highest BCUT2D eigenvalue weighted by atomic mass is 19.2. The normalized spacial score (nSPS) is 13.7. The van der Waals surface area contributed by atoms with Crippen LogP contribution in [0.4, 0.5) is 24.5 Å². The van der Waals surface area contributed by atoms with Crippen LogP contribution in [0.3, 0.4) is 0 Å². The molecule has 0 spiro atoms. The summed E-state index contributed by atoms with van der Waals surface area (Å²) in [5.74, 6) is -6.45. The van der Waals surface area contributed by atoms with Crippen molar-refractivity contribution < 1.29 is 22.8 Å². The van der Waals surface area contributed by atoms with Gasteiger partial charge < -0.3 is 5.32 Å². The molecule has 0 saturated carbocycles. The SMILES string of the molecule is CCNc1c(F)c(F)c2c(c1F)C(=O)N(c1c(C(C)C)cccc1C(C)C)C2=O. The first-order chi connectivity index (χ1) is 13.6. The molecule has 1 aliphatic rings. The molecule has 0 saturated heterocycles. The standard InChI is InChI=1S/C22H23F3N2O2/c1-6-26-19-17(24)15-14(16(23)18(19)25)21(28)27(22(15)29)20-12(10(2)3)8-7-9-13(20)11(4)5/h7-11,26H,6H2,1-5H3. The Morgan fingerprint density at radius 1 is 0.862 bits per heavy atom. The summed E-state index contributed by atoms with van der Waals surface area (Å²) in [4.78, 5) is 27.0. The summed E-state index contributed by atoms with van der Waals surface area (Å²) in [5.41, 5.74) is -0.642. The van der Waals surface area contributed by atoms with E-state index in [0.29, 0.717) is 16.8 Å². The van der Waals surface area contributed by atoms with Crippen molar-refractivity contribution >= 4 is 23.2 Å². The summed E-state index contributed by atoms with van der Waals surface area (Å²) in [6.07, 6.45) is 0. The minimum atomic E-state index is -1.52. The Bertz CT molecular complexity index is 990. The van der Waals surface area contributed by atoms with Crippen LogP contribution < -0.4 is 10.2 Å². The molecule has 0 unspecified atom stereocenters. The van der Waals surface area contributed by atoms with Gasteiger partial charge in [-0.05, 0) is 29.9 Å². The first kappa shape index (κ1) is 20.9. The molecule has 0 atom stereocenters. The summed E-state index contributed by atoms with van der Waals surface area (Å²) in [6.45, 7) is 9.27. The average Bonchev–Trinajstić information content (AvgIpc) is 2.93. The van der Waals surface area contributed by atoms with E-state index in [1.165, 1.54) is 0 Å². The summed E-state index contributed by atoms with van der Waals surface area (Å²) >= 11 is 0. The number of fused-ring (bicyclic) bond motifs is 1. The van der Waals surface area contributed by atoms with Crippen LogP contribution in [0.2, 0.25) is 0 Å². The van der Waals surface area contributed by atoms with Crippen LogP contribution in [0.25, 0.3) is 0 Å². The fourth-order valence-corrected chi connectivity index (χ4v) is 3.68. The van der Waals surface area contributed by atoms with Gasteiger partial charge in [0.05, 0.1) is 16.8 Å². The van der Waals surface area contributed by atoms with Crippen molar-refractivity contribution in [3.8, 4) is 0 Å². The summed E-state index contributed by atoms with van der Waals surface area (Å²) in [7, 11) is 0. The van der Waals surface area contributed by atoms with E-state index in [-0.39, 0.29) is 18.4 Å². The monoisotopic (exact) mass is 404 g/mol. The zero-order valence-corrected chi connectivity index (χ0v) is 17.0. The lowest BCUT2D eigenvalue weighted by Gasteiger charge is -2.25. The lowest BCUT2D eigenvalue weighted by molar-refractivity contribution is 0.0923. The lowest BCUT2D eigenvalue weighted by Crippen LogP contribution is -2.32. The molecule has 1 heterocycles. The lowest BCUT2D eigenvalue weighted by atomic mass is 9.92. The van der Waals surface area contributed by atoms with E-state index in [9.17, 15) is 22.8 Å². The van der Waals surface area contributed by atoms with Crippen molar-refractivity contribution in [1.82, 2.24) is 0 Å². The largest absolute Gasteiger partial charge is 0.380 e. The molecule has 154 valence electrons. The Balaban J connectivity index is 2.31. The number of hydrogen-bond donors (Lipinski definition) is 1. The second-order valence-corrected chi connectivity index (χ2v) is 7.64. The van der Waals surface area contributed by atoms with Crippen LogP contribution in [-0.4, -0.2) is 18.4 Å². The van der Waals surface area contributed by atoms with Crippen molar-refractivity contribution in [3.63, 3.8) is 0 Å². The first-order valence-electron chi connectivity index (χ1n) is 9.59. The minimum absolute atomic E-state index is 0.0586.